The number of aliphatic hydroxyl groups excluding tert-OH is 1. The predicted octanol–water partition coefficient (Wildman–Crippen LogP) is 23.0. The lowest BCUT2D eigenvalue weighted by Crippen LogP contribution is -2.30. The molecule has 5 atom stereocenters. The van der Waals surface area contributed by atoms with Crippen LogP contribution in [0.2, 0.25) is 0 Å². The molecular weight excluding hydrogens is 1310 g/mol. The van der Waals surface area contributed by atoms with Crippen molar-refractivity contribution in [1.82, 2.24) is 0 Å². The first-order chi connectivity index (χ1) is 48.7. The van der Waals surface area contributed by atoms with Crippen molar-refractivity contribution in [3.63, 3.8) is 0 Å². The number of phosphoric acid groups is 2. The summed E-state index contributed by atoms with van der Waals surface area (Å²) in [4.78, 5) is 72.9. The van der Waals surface area contributed by atoms with E-state index in [0.29, 0.717) is 25.7 Å². The van der Waals surface area contributed by atoms with E-state index >= 15 is 0 Å². The number of esters is 4. The topological polar surface area (TPSA) is 237 Å². The zero-order valence-corrected chi connectivity index (χ0v) is 65.2. The van der Waals surface area contributed by atoms with E-state index in [9.17, 15) is 43.2 Å². The van der Waals surface area contributed by atoms with Crippen molar-refractivity contribution in [2.75, 3.05) is 39.6 Å². The van der Waals surface area contributed by atoms with Crippen molar-refractivity contribution in [3.8, 4) is 0 Å². The molecule has 0 aromatic rings. The lowest BCUT2D eigenvalue weighted by Gasteiger charge is -2.21. The van der Waals surface area contributed by atoms with Crippen LogP contribution in [0.15, 0.2) is 85.1 Å². The average Bonchev–Trinajstić information content (AvgIpc) is 0.935. The quantitative estimate of drug-likeness (QED) is 0.0169. The van der Waals surface area contributed by atoms with Crippen LogP contribution >= 0.6 is 15.6 Å². The molecule has 0 spiro atoms. The first-order valence-corrected chi connectivity index (χ1v) is 42.8. The molecule has 0 rings (SSSR count). The van der Waals surface area contributed by atoms with Crippen molar-refractivity contribution in [2.24, 2.45) is 0 Å². The van der Waals surface area contributed by atoms with E-state index in [2.05, 4.69) is 113 Å². The number of hydrogen-bond acceptors (Lipinski definition) is 15. The summed E-state index contributed by atoms with van der Waals surface area (Å²) in [7, 11) is -9.95. The van der Waals surface area contributed by atoms with E-state index < -0.39 is 97.5 Å². The van der Waals surface area contributed by atoms with Gasteiger partial charge < -0.3 is 33.8 Å². The number of rotatable bonds is 75. The number of allylic oxidation sites excluding steroid dienone is 14. The lowest BCUT2D eigenvalue weighted by atomic mass is 10.0. The molecular formula is C81H144O17P2. The molecule has 0 saturated carbocycles. The van der Waals surface area contributed by atoms with Crippen molar-refractivity contribution in [2.45, 2.75) is 367 Å². The maximum absolute atomic E-state index is 13.1. The summed E-state index contributed by atoms with van der Waals surface area (Å²) in [6.07, 6.45) is 75.6. The lowest BCUT2D eigenvalue weighted by molar-refractivity contribution is -0.161. The van der Waals surface area contributed by atoms with Gasteiger partial charge in [-0.05, 0) is 122 Å². The molecule has 0 heterocycles. The van der Waals surface area contributed by atoms with Gasteiger partial charge in [0.2, 0.25) is 0 Å². The molecule has 0 radical (unpaired) electrons. The third-order valence-corrected chi connectivity index (χ3v) is 18.7. The highest BCUT2D eigenvalue weighted by Gasteiger charge is 2.30. The van der Waals surface area contributed by atoms with Gasteiger partial charge in [0.05, 0.1) is 26.4 Å². The molecule has 0 aromatic carbocycles. The van der Waals surface area contributed by atoms with E-state index in [4.69, 9.17) is 37.0 Å². The fourth-order valence-corrected chi connectivity index (χ4v) is 12.3. The molecule has 0 aliphatic carbocycles. The largest absolute Gasteiger partial charge is 0.472 e. The molecule has 100 heavy (non-hydrogen) atoms. The highest BCUT2D eigenvalue weighted by Crippen LogP contribution is 2.45. The molecule has 0 aliphatic heterocycles. The minimum Gasteiger partial charge on any atom is -0.462 e. The van der Waals surface area contributed by atoms with Gasteiger partial charge in [-0.2, -0.15) is 0 Å². The van der Waals surface area contributed by atoms with E-state index in [-0.39, 0.29) is 25.7 Å². The summed E-state index contributed by atoms with van der Waals surface area (Å²) >= 11 is 0. The van der Waals surface area contributed by atoms with Gasteiger partial charge in [-0.3, -0.25) is 37.3 Å². The van der Waals surface area contributed by atoms with Crippen LogP contribution in [0.25, 0.3) is 0 Å². The first kappa shape index (κ1) is 96.2. The zero-order chi connectivity index (χ0) is 73.2. The summed E-state index contributed by atoms with van der Waals surface area (Å²) in [5, 5.41) is 10.6. The second-order valence-electron chi connectivity index (χ2n) is 26.6. The standard InChI is InChI=1S/C81H144O17P2/c1-5-9-13-17-21-25-29-33-35-36-37-38-40-44-46-50-54-58-62-66-79(84)92-72-77(98-81(86)68-64-60-56-52-48-42-32-28-24-20-16-12-8-4)74-96-100(89,90)94-70-75(82)69-93-99(87,88)95-73-76(97-80(85)67-63-59-55-51-47-41-31-27-23-19-15-11-7-3)71-91-78(83)65-61-57-53-49-45-43-39-34-30-26-22-18-14-10-6-2/h9,13,21,25,27,31,33-35,37-39,44,46,75-77,82H,5-8,10-12,14-20,22-24,26,28-30,32,36,40-43,45,47-74H2,1-4H3,(H,87,88)(H,89,90)/b13-9-,25-21-,31-27-,35-33-,38-37-,39-34-,46-44-. The third-order valence-electron chi connectivity index (χ3n) is 16.8. The Balaban J connectivity index is 5.35. The highest BCUT2D eigenvalue weighted by atomic mass is 31.2. The van der Waals surface area contributed by atoms with Crippen LogP contribution in [0, 0.1) is 0 Å². The molecule has 5 unspecified atom stereocenters. The number of phosphoric ester groups is 2. The zero-order valence-electron chi connectivity index (χ0n) is 63.4. The number of carbonyl (C=O) groups is 4. The normalized spacial score (nSPS) is 14.3. The molecule has 0 aliphatic rings. The molecule has 3 N–H and O–H groups in total. The third kappa shape index (κ3) is 72.6. The molecule has 0 bridgehead atoms. The SMILES string of the molecule is CC/C=C\C/C=C\C/C=C\C/C=C\C/C=C\CCCCCC(=O)OCC(COP(=O)(O)OCC(O)COP(=O)(O)OCC(COC(=O)CCCCCCC/C=C\CCCCCCCC)OC(=O)CCCCCCC/C=C\CCCCCC)OC(=O)CCCCCCCCCCCCCCC. The van der Waals surface area contributed by atoms with Crippen LogP contribution in [0.3, 0.4) is 0 Å². The summed E-state index contributed by atoms with van der Waals surface area (Å²) < 4.78 is 68.5. The van der Waals surface area contributed by atoms with Crippen LogP contribution in [-0.2, 0) is 65.4 Å². The van der Waals surface area contributed by atoms with Gasteiger partial charge in [-0.25, -0.2) is 9.13 Å². The van der Waals surface area contributed by atoms with Gasteiger partial charge in [0, 0.05) is 25.7 Å². The van der Waals surface area contributed by atoms with Gasteiger partial charge in [-0.1, -0.05) is 286 Å². The maximum Gasteiger partial charge on any atom is 0.472 e. The van der Waals surface area contributed by atoms with Crippen molar-refractivity contribution >= 4 is 39.5 Å². The Morgan fingerprint density at radius 2 is 0.520 bits per heavy atom. The van der Waals surface area contributed by atoms with Gasteiger partial charge in [0.1, 0.15) is 19.3 Å². The van der Waals surface area contributed by atoms with Gasteiger partial charge >= 0.3 is 39.5 Å². The fourth-order valence-electron chi connectivity index (χ4n) is 10.8. The number of unbranched alkanes of at least 4 members (excludes halogenated alkanes) is 35. The highest BCUT2D eigenvalue weighted by molar-refractivity contribution is 7.47. The minimum atomic E-state index is -4.98. The number of aliphatic hydroxyl groups is 1. The number of hydrogen-bond donors (Lipinski definition) is 3. The Hall–Kier alpha value is -3.76. The summed E-state index contributed by atoms with van der Waals surface area (Å²) in [6, 6.07) is 0. The molecule has 0 saturated heterocycles. The Morgan fingerprint density at radius 1 is 0.290 bits per heavy atom. The van der Waals surface area contributed by atoms with Crippen molar-refractivity contribution in [1.29, 1.82) is 0 Å². The molecule has 0 aromatic heterocycles. The van der Waals surface area contributed by atoms with Crippen LogP contribution < -0.4 is 0 Å². The summed E-state index contributed by atoms with van der Waals surface area (Å²) in [5.74, 6) is -2.21. The Bertz CT molecular complexity index is 2230. The van der Waals surface area contributed by atoms with E-state index in [1.165, 1.54) is 116 Å². The second kappa shape index (κ2) is 73.5. The van der Waals surface area contributed by atoms with Gasteiger partial charge in [-0.15, -0.1) is 0 Å². The van der Waals surface area contributed by atoms with Crippen molar-refractivity contribution in [3.05, 3.63) is 85.1 Å². The monoisotopic (exact) mass is 1450 g/mol. The molecule has 580 valence electrons. The Morgan fingerprint density at radius 3 is 0.830 bits per heavy atom. The minimum absolute atomic E-state index is 0.0854. The summed E-state index contributed by atoms with van der Waals surface area (Å²) in [5.41, 5.74) is 0. The molecule has 17 nitrogen and oxygen atoms in total. The van der Waals surface area contributed by atoms with E-state index in [1.54, 1.807) is 0 Å². The van der Waals surface area contributed by atoms with Crippen LogP contribution in [0.5, 0.6) is 0 Å². The van der Waals surface area contributed by atoms with Crippen LogP contribution in [-0.4, -0.2) is 96.7 Å². The molecule has 0 amide bonds. The Labute approximate surface area is 608 Å². The van der Waals surface area contributed by atoms with E-state index in [1.807, 2.05) is 0 Å². The summed E-state index contributed by atoms with van der Waals surface area (Å²) in [6.45, 7) is 4.73. The fraction of sp³-hybridized carbons (Fsp3) is 0.778. The number of ether oxygens (including phenoxy) is 4. The average molecular weight is 1450 g/mol. The number of carbonyl (C=O) groups excluding carboxylic acids is 4. The molecule has 19 heteroatoms. The van der Waals surface area contributed by atoms with Gasteiger partial charge in [0.15, 0.2) is 12.2 Å². The molecule has 0 fully saturated rings. The smallest absolute Gasteiger partial charge is 0.462 e. The van der Waals surface area contributed by atoms with Gasteiger partial charge in [0.25, 0.3) is 0 Å². The second-order valence-corrected chi connectivity index (χ2v) is 29.5. The Kier molecular flexibility index (Phi) is 70.8. The van der Waals surface area contributed by atoms with E-state index in [0.717, 1.165) is 154 Å². The maximum atomic E-state index is 13.1. The van der Waals surface area contributed by atoms with Crippen LogP contribution in [0.4, 0.5) is 0 Å². The first-order valence-electron chi connectivity index (χ1n) is 39.8. The predicted molar refractivity (Wildman–Crippen MR) is 409 cm³/mol. The van der Waals surface area contributed by atoms with Crippen molar-refractivity contribution < 1.29 is 80.2 Å². The van der Waals surface area contributed by atoms with Crippen LogP contribution in [0.1, 0.15) is 349 Å².